The van der Waals surface area contributed by atoms with Crippen LogP contribution in [0.5, 0.6) is 0 Å². The molecule has 0 unspecified atom stereocenters. The van der Waals surface area contributed by atoms with Crippen LogP contribution in [0.4, 0.5) is 0 Å². The molecule has 0 saturated heterocycles. The minimum atomic E-state index is 0.685. The lowest BCUT2D eigenvalue weighted by Crippen LogP contribution is -1.98. The molecule has 0 amide bonds. The first kappa shape index (κ1) is 11.6. The van der Waals surface area contributed by atoms with Gasteiger partial charge in [0.1, 0.15) is 0 Å². The van der Waals surface area contributed by atoms with Gasteiger partial charge in [0, 0.05) is 27.9 Å². The summed E-state index contributed by atoms with van der Waals surface area (Å²) in [5.41, 5.74) is 3.01. The van der Waals surface area contributed by atoms with Crippen molar-refractivity contribution in [3.8, 4) is 5.69 Å². The van der Waals surface area contributed by atoms with E-state index in [0.29, 0.717) is 4.77 Å². The van der Waals surface area contributed by atoms with Gasteiger partial charge in [-0.1, -0.05) is 12.1 Å². The van der Waals surface area contributed by atoms with Crippen LogP contribution in [0, 0.1) is 11.7 Å². The third-order valence-electron chi connectivity index (χ3n) is 2.86. The fourth-order valence-electron chi connectivity index (χ4n) is 2.05. The van der Waals surface area contributed by atoms with Gasteiger partial charge in [-0.15, -0.1) is 0 Å². The van der Waals surface area contributed by atoms with Crippen LogP contribution in [-0.2, 0) is 0 Å². The van der Waals surface area contributed by atoms with Gasteiger partial charge in [0.2, 0.25) is 0 Å². The van der Waals surface area contributed by atoms with E-state index in [1.807, 2.05) is 35.9 Å². The number of fused-ring (bicyclic) bond motifs is 1. The van der Waals surface area contributed by atoms with Gasteiger partial charge in [0.05, 0.1) is 11.2 Å². The first-order valence-corrected chi connectivity index (χ1v) is 6.68. The van der Waals surface area contributed by atoms with Crippen molar-refractivity contribution in [2.45, 2.75) is 6.92 Å². The Hall–Kier alpha value is -1.46. The highest BCUT2D eigenvalue weighted by atomic mass is 79.9. The van der Waals surface area contributed by atoms with Gasteiger partial charge in [0.15, 0.2) is 4.77 Å². The molecule has 0 saturated carbocycles. The van der Waals surface area contributed by atoms with Crippen molar-refractivity contribution in [2.24, 2.45) is 0 Å². The number of nitrogens with zero attached hydrogens (tertiary/aromatic N) is 2. The second kappa shape index (κ2) is 4.33. The summed E-state index contributed by atoms with van der Waals surface area (Å²) >= 11 is 8.75. The van der Waals surface area contributed by atoms with Gasteiger partial charge in [0.25, 0.3) is 0 Å². The van der Waals surface area contributed by atoms with Crippen molar-refractivity contribution < 1.29 is 0 Å². The first-order chi connectivity index (χ1) is 8.66. The van der Waals surface area contributed by atoms with E-state index in [1.165, 1.54) is 0 Å². The summed E-state index contributed by atoms with van der Waals surface area (Å²) in [6.07, 6.45) is 3.71. The zero-order valence-electron chi connectivity index (χ0n) is 9.64. The molecule has 18 heavy (non-hydrogen) atoms. The molecule has 0 radical (unpaired) electrons. The molecule has 0 aliphatic carbocycles. The molecule has 0 fully saturated rings. The molecule has 1 N–H and O–H groups in total. The van der Waals surface area contributed by atoms with Gasteiger partial charge >= 0.3 is 0 Å². The summed E-state index contributed by atoms with van der Waals surface area (Å²) in [7, 11) is 0. The number of aromatic nitrogens is 3. The third kappa shape index (κ3) is 1.79. The molecule has 5 heteroatoms. The van der Waals surface area contributed by atoms with E-state index in [0.717, 1.165) is 26.8 Å². The number of hydrogen-bond donors (Lipinski definition) is 1. The lowest BCUT2D eigenvalue weighted by Gasteiger charge is -2.08. The predicted octanol–water partition coefficient (Wildman–Crippen LogP) is 4.15. The van der Waals surface area contributed by atoms with E-state index in [-0.39, 0.29) is 0 Å². The maximum atomic E-state index is 5.31. The second-order valence-corrected chi connectivity index (χ2v) is 5.38. The Morgan fingerprint density at radius 1 is 1.39 bits per heavy atom. The van der Waals surface area contributed by atoms with E-state index >= 15 is 0 Å². The summed E-state index contributed by atoms with van der Waals surface area (Å²) in [6, 6.07) is 8.14. The fraction of sp³-hybridized carbons (Fsp3) is 0.0769. The Balaban J connectivity index is 2.40. The quantitative estimate of drug-likeness (QED) is 0.683. The number of aryl methyl sites for hydroxylation is 1. The molecule has 1 aromatic carbocycles. The monoisotopic (exact) mass is 319 g/mol. The standard InChI is InChI=1S/C13H10BrN3S/c1-8-6-16-13(18)17(8)11-4-2-3-9-5-10(14)7-15-12(9)11/h2-7H,1H3,(H,16,18). The minimum Gasteiger partial charge on any atom is -0.337 e. The number of imidazole rings is 1. The molecular formula is C13H10BrN3S. The summed E-state index contributed by atoms with van der Waals surface area (Å²) in [6.45, 7) is 2.02. The normalized spacial score (nSPS) is 11.0. The van der Waals surface area contributed by atoms with Crippen molar-refractivity contribution in [3.63, 3.8) is 0 Å². The lowest BCUT2D eigenvalue weighted by atomic mass is 10.2. The van der Waals surface area contributed by atoms with Crippen molar-refractivity contribution in [1.29, 1.82) is 0 Å². The van der Waals surface area contributed by atoms with Crippen molar-refractivity contribution in [3.05, 3.63) is 51.6 Å². The Kier molecular flexibility index (Phi) is 2.80. The summed E-state index contributed by atoms with van der Waals surface area (Å²) < 4.78 is 3.66. The number of pyridine rings is 1. The molecule has 3 aromatic rings. The molecular weight excluding hydrogens is 310 g/mol. The average molecular weight is 320 g/mol. The number of halogens is 1. The number of H-pyrrole nitrogens is 1. The third-order valence-corrected chi connectivity index (χ3v) is 3.59. The Labute approximate surface area is 118 Å². The summed E-state index contributed by atoms with van der Waals surface area (Å²) in [4.78, 5) is 7.54. The van der Waals surface area contributed by atoms with Crippen LogP contribution in [0.2, 0.25) is 0 Å². The number of hydrogen-bond acceptors (Lipinski definition) is 2. The topological polar surface area (TPSA) is 33.6 Å². The Bertz CT molecular complexity index is 788. The minimum absolute atomic E-state index is 0.685. The summed E-state index contributed by atoms with van der Waals surface area (Å²) in [5.74, 6) is 0. The fourth-order valence-corrected chi connectivity index (χ4v) is 2.70. The lowest BCUT2D eigenvalue weighted by molar-refractivity contribution is 0.990. The molecule has 90 valence electrons. The molecule has 0 atom stereocenters. The molecule has 0 bridgehead atoms. The van der Waals surface area contributed by atoms with E-state index in [2.05, 4.69) is 32.0 Å². The van der Waals surface area contributed by atoms with Crippen LogP contribution in [-0.4, -0.2) is 14.5 Å². The van der Waals surface area contributed by atoms with Crippen LogP contribution in [0.1, 0.15) is 5.69 Å². The number of aromatic amines is 1. The number of rotatable bonds is 1. The number of para-hydroxylation sites is 1. The van der Waals surface area contributed by atoms with Gasteiger partial charge in [-0.2, -0.15) is 0 Å². The predicted molar refractivity (Wildman–Crippen MR) is 78.7 cm³/mol. The van der Waals surface area contributed by atoms with Gasteiger partial charge in [-0.3, -0.25) is 9.55 Å². The van der Waals surface area contributed by atoms with E-state index in [9.17, 15) is 0 Å². The van der Waals surface area contributed by atoms with Crippen molar-refractivity contribution >= 4 is 39.1 Å². The van der Waals surface area contributed by atoms with Gasteiger partial charge in [-0.25, -0.2) is 0 Å². The zero-order chi connectivity index (χ0) is 12.7. The van der Waals surface area contributed by atoms with Crippen LogP contribution < -0.4 is 0 Å². The maximum Gasteiger partial charge on any atom is 0.182 e. The molecule has 0 aliphatic heterocycles. The highest BCUT2D eigenvalue weighted by Crippen LogP contribution is 2.24. The average Bonchev–Trinajstić information content (AvgIpc) is 2.68. The Morgan fingerprint density at radius 3 is 2.94 bits per heavy atom. The highest BCUT2D eigenvalue weighted by Gasteiger charge is 2.08. The largest absolute Gasteiger partial charge is 0.337 e. The van der Waals surface area contributed by atoms with Crippen LogP contribution in [0.3, 0.4) is 0 Å². The molecule has 3 rings (SSSR count). The maximum absolute atomic E-state index is 5.31. The molecule has 2 aromatic heterocycles. The van der Waals surface area contributed by atoms with E-state index in [1.54, 1.807) is 6.20 Å². The van der Waals surface area contributed by atoms with Crippen molar-refractivity contribution in [2.75, 3.05) is 0 Å². The molecule has 0 spiro atoms. The van der Waals surface area contributed by atoms with E-state index < -0.39 is 0 Å². The molecule has 3 nitrogen and oxygen atoms in total. The molecule has 0 aliphatic rings. The van der Waals surface area contributed by atoms with Crippen molar-refractivity contribution in [1.82, 2.24) is 14.5 Å². The molecule has 2 heterocycles. The van der Waals surface area contributed by atoms with Crippen LogP contribution in [0.15, 0.2) is 41.1 Å². The van der Waals surface area contributed by atoms with Crippen LogP contribution in [0.25, 0.3) is 16.6 Å². The van der Waals surface area contributed by atoms with Crippen LogP contribution >= 0.6 is 28.1 Å². The van der Waals surface area contributed by atoms with Gasteiger partial charge in [-0.05, 0) is 47.2 Å². The smallest absolute Gasteiger partial charge is 0.182 e. The Morgan fingerprint density at radius 2 is 2.22 bits per heavy atom. The SMILES string of the molecule is Cc1c[nH]c(=S)n1-c1cccc2cc(Br)cnc12. The number of nitrogens with one attached hydrogen (secondary N) is 1. The highest BCUT2D eigenvalue weighted by molar-refractivity contribution is 9.10. The second-order valence-electron chi connectivity index (χ2n) is 4.07. The first-order valence-electron chi connectivity index (χ1n) is 5.48. The number of benzene rings is 1. The van der Waals surface area contributed by atoms with E-state index in [4.69, 9.17) is 12.2 Å². The summed E-state index contributed by atoms with van der Waals surface area (Å²) in [5, 5.41) is 1.09. The zero-order valence-corrected chi connectivity index (χ0v) is 12.0. The van der Waals surface area contributed by atoms with Gasteiger partial charge < -0.3 is 4.98 Å².